The fourth-order valence-electron chi connectivity index (χ4n) is 7.08. The second-order valence-corrected chi connectivity index (χ2v) is 10.9. The molecule has 2 nitrogen and oxygen atoms in total. The fourth-order valence-corrected chi connectivity index (χ4v) is 7.08. The lowest BCUT2D eigenvalue weighted by Gasteiger charge is -2.33. The summed E-state index contributed by atoms with van der Waals surface area (Å²) in [6, 6.07) is 41.5. The highest BCUT2D eigenvalue weighted by Gasteiger charge is 2.47. The summed E-state index contributed by atoms with van der Waals surface area (Å²) in [6.07, 6.45) is 2.03. The number of hydrogen-bond donors (Lipinski definition) is 0. The van der Waals surface area contributed by atoms with E-state index in [0.29, 0.717) is 16.6 Å². The zero-order valence-electron chi connectivity index (χ0n) is 22.9. The van der Waals surface area contributed by atoms with Crippen molar-refractivity contribution in [3.05, 3.63) is 161 Å². The fraction of sp³-hybridized carbons (Fsp3) is 0.0789. The SMILES string of the molecule is Cc1ccc2c(oc3c(C4(c5ccccc5)c5ccccc5-c5ccccc54)ccc(F)c32)c1-c1cccc[n+]1C. The summed E-state index contributed by atoms with van der Waals surface area (Å²) in [7, 11) is 2.03. The van der Waals surface area contributed by atoms with Crippen molar-refractivity contribution in [3.63, 3.8) is 0 Å². The smallest absolute Gasteiger partial charge is 0.216 e. The Kier molecular flexibility index (Phi) is 5.08. The van der Waals surface area contributed by atoms with Crippen LogP contribution in [-0.4, -0.2) is 0 Å². The van der Waals surface area contributed by atoms with Crippen LogP contribution >= 0.6 is 0 Å². The van der Waals surface area contributed by atoms with Crippen molar-refractivity contribution in [1.82, 2.24) is 0 Å². The van der Waals surface area contributed by atoms with Gasteiger partial charge in [-0.15, -0.1) is 0 Å². The van der Waals surface area contributed by atoms with Crippen LogP contribution in [0, 0.1) is 12.7 Å². The normalized spacial score (nSPS) is 13.4. The van der Waals surface area contributed by atoms with Crippen LogP contribution in [0.3, 0.4) is 0 Å². The van der Waals surface area contributed by atoms with Crippen molar-refractivity contribution in [3.8, 4) is 22.4 Å². The Morgan fingerprint density at radius 2 is 1.29 bits per heavy atom. The number of hydrogen-bond acceptors (Lipinski definition) is 1. The van der Waals surface area contributed by atoms with E-state index in [9.17, 15) is 0 Å². The third-order valence-electron chi connectivity index (χ3n) is 8.82. The number of fused-ring (bicyclic) bond motifs is 6. The molecule has 2 heterocycles. The van der Waals surface area contributed by atoms with Gasteiger partial charge < -0.3 is 4.42 Å². The molecule has 2 aromatic heterocycles. The van der Waals surface area contributed by atoms with E-state index in [-0.39, 0.29) is 5.82 Å². The predicted molar refractivity (Wildman–Crippen MR) is 162 cm³/mol. The molecule has 5 aromatic carbocycles. The molecule has 0 radical (unpaired) electrons. The molecule has 0 N–H and O–H groups in total. The molecule has 7 aromatic rings. The van der Waals surface area contributed by atoms with E-state index < -0.39 is 5.41 Å². The van der Waals surface area contributed by atoms with Gasteiger partial charge in [0.2, 0.25) is 5.69 Å². The van der Waals surface area contributed by atoms with Crippen LogP contribution in [0.4, 0.5) is 4.39 Å². The van der Waals surface area contributed by atoms with Crippen molar-refractivity contribution in [2.45, 2.75) is 12.3 Å². The number of nitrogens with zero attached hydrogens (tertiary/aromatic N) is 1. The maximum absolute atomic E-state index is 16.0. The van der Waals surface area contributed by atoms with Crippen LogP contribution in [0.25, 0.3) is 44.3 Å². The highest BCUT2D eigenvalue weighted by Crippen LogP contribution is 2.58. The largest absolute Gasteiger partial charge is 0.455 e. The van der Waals surface area contributed by atoms with Crippen molar-refractivity contribution >= 4 is 21.9 Å². The van der Waals surface area contributed by atoms with Crippen molar-refractivity contribution < 1.29 is 13.4 Å². The third kappa shape index (κ3) is 3.15. The Morgan fingerprint density at radius 1 is 0.634 bits per heavy atom. The molecule has 0 spiro atoms. The van der Waals surface area contributed by atoms with Crippen LogP contribution in [0.1, 0.15) is 27.8 Å². The van der Waals surface area contributed by atoms with Crippen LogP contribution in [-0.2, 0) is 12.5 Å². The average Bonchev–Trinajstić information content (AvgIpc) is 3.54. The topological polar surface area (TPSA) is 17.0 Å². The van der Waals surface area contributed by atoms with Gasteiger partial charge in [-0.25, -0.2) is 8.96 Å². The first-order valence-corrected chi connectivity index (χ1v) is 14.0. The van der Waals surface area contributed by atoms with Gasteiger partial charge >= 0.3 is 0 Å². The summed E-state index contributed by atoms with van der Waals surface area (Å²) in [6.45, 7) is 2.08. The number of rotatable bonds is 3. The van der Waals surface area contributed by atoms with Crippen LogP contribution in [0.2, 0.25) is 0 Å². The van der Waals surface area contributed by atoms with Gasteiger partial charge in [-0.05, 0) is 52.4 Å². The zero-order valence-corrected chi connectivity index (χ0v) is 22.9. The summed E-state index contributed by atoms with van der Waals surface area (Å²) in [5.74, 6) is -0.280. The minimum absolute atomic E-state index is 0.280. The first-order chi connectivity index (χ1) is 20.1. The molecule has 41 heavy (non-hydrogen) atoms. The van der Waals surface area contributed by atoms with Gasteiger partial charge in [0.25, 0.3) is 0 Å². The second-order valence-electron chi connectivity index (χ2n) is 10.9. The summed E-state index contributed by atoms with van der Waals surface area (Å²) < 4.78 is 25.0. The molecule has 196 valence electrons. The molecule has 0 fully saturated rings. The predicted octanol–water partition coefficient (Wildman–Crippen LogP) is 8.89. The number of furan rings is 1. The molecule has 0 atom stereocenters. The van der Waals surface area contributed by atoms with Crippen LogP contribution in [0.5, 0.6) is 0 Å². The zero-order chi connectivity index (χ0) is 27.7. The van der Waals surface area contributed by atoms with E-state index in [2.05, 4.69) is 96.4 Å². The van der Waals surface area contributed by atoms with Crippen LogP contribution < -0.4 is 4.57 Å². The Labute approximate surface area is 238 Å². The maximum Gasteiger partial charge on any atom is 0.216 e. The van der Waals surface area contributed by atoms with Gasteiger partial charge in [-0.1, -0.05) is 97.1 Å². The van der Waals surface area contributed by atoms with E-state index in [4.69, 9.17) is 4.42 Å². The first-order valence-electron chi connectivity index (χ1n) is 14.0. The van der Waals surface area contributed by atoms with E-state index >= 15 is 4.39 Å². The Balaban J connectivity index is 1.57. The third-order valence-corrected chi connectivity index (χ3v) is 8.82. The van der Waals surface area contributed by atoms with Gasteiger partial charge in [0, 0.05) is 23.1 Å². The van der Waals surface area contributed by atoms with Crippen molar-refractivity contribution in [2.75, 3.05) is 0 Å². The highest BCUT2D eigenvalue weighted by molar-refractivity contribution is 6.11. The lowest BCUT2D eigenvalue weighted by molar-refractivity contribution is -0.660. The van der Waals surface area contributed by atoms with Crippen molar-refractivity contribution in [1.29, 1.82) is 0 Å². The Hall–Kier alpha value is -5.02. The molecule has 0 aliphatic heterocycles. The van der Waals surface area contributed by atoms with Crippen LogP contribution in [0.15, 0.2) is 132 Å². The van der Waals surface area contributed by atoms with Gasteiger partial charge in [0.05, 0.1) is 16.4 Å². The van der Waals surface area contributed by atoms with Gasteiger partial charge in [-0.2, -0.15) is 0 Å². The number of halogens is 1. The molecule has 0 unspecified atom stereocenters. The van der Waals surface area contributed by atoms with E-state index in [0.717, 1.165) is 33.3 Å². The Morgan fingerprint density at radius 3 is 2.00 bits per heavy atom. The summed E-state index contributed by atoms with van der Waals surface area (Å²) in [5.41, 5.74) is 10.5. The summed E-state index contributed by atoms with van der Waals surface area (Å²) in [4.78, 5) is 0. The molecule has 0 saturated carbocycles. The number of aromatic nitrogens is 1. The lowest BCUT2D eigenvalue weighted by Crippen LogP contribution is -2.30. The van der Waals surface area contributed by atoms with E-state index in [1.54, 1.807) is 6.07 Å². The molecular weight excluding hydrogens is 505 g/mol. The number of aryl methyl sites for hydroxylation is 2. The molecular formula is C38H27FNO+. The number of benzene rings is 5. The monoisotopic (exact) mass is 532 g/mol. The minimum atomic E-state index is -0.680. The van der Waals surface area contributed by atoms with E-state index in [1.807, 2.05) is 43.6 Å². The molecule has 8 rings (SSSR count). The quantitative estimate of drug-likeness (QED) is 0.208. The molecule has 0 amide bonds. The van der Waals surface area contributed by atoms with Gasteiger partial charge in [0.15, 0.2) is 6.20 Å². The summed E-state index contributed by atoms with van der Waals surface area (Å²) >= 11 is 0. The molecule has 1 aliphatic carbocycles. The van der Waals surface area contributed by atoms with Gasteiger partial charge in [0.1, 0.15) is 24.0 Å². The minimum Gasteiger partial charge on any atom is -0.455 e. The average molecular weight is 533 g/mol. The summed E-state index contributed by atoms with van der Waals surface area (Å²) in [5, 5.41) is 1.31. The van der Waals surface area contributed by atoms with Gasteiger partial charge in [-0.3, -0.25) is 0 Å². The molecule has 0 bridgehead atoms. The van der Waals surface area contributed by atoms with E-state index in [1.165, 1.54) is 22.3 Å². The Bertz CT molecular complexity index is 2090. The molecule has 0 saturated heterocycles. The van der Waals surface area contributed by atoms with Crippen molar-refractivity contribution in [2.24, 2.45) is 7.05 Å². The molecule has 3 heteroatoms. The second kappa shape index (κ2) is 8.74. The first kappa shape index (κ1) is 23.8. The lowest BCUT2D eigenvalue weighted by atomic mass is 9.67. The standard InChI is InChI=1S/C38H27FNO/c1-24-19-20-28-35-32(39)22-21-31(37(35)41-36(28)34(24)33-18-10-11-23-40(33)2)38(25-12-4-3-5-13-25)29-16-8-6-14-26(29)27-15-7-9-17-30(27)38/h3-23H,1-2H3/q+1. The highest BCUT2D eigenvalue weighted by atomic mass is 19.1. The number of pyridine rings is 1. The molecule has 1 aliphatic rings. The maximum atomic E-state index is 16.0.